The van der Waals surface area contributed by atoms with E-state index in [1.807, 2.05) is 30.3 Å². The molecule has 0 aliphatic carbocycles. The van der Waals surface area contributed by atoms with Crippen LogP contribution in [-0.4, -0.2) is 30.9 Å². The molecule has 0 radical (unpaired) electrons. The Labute approximate surface area is 145 Å². The molecule has 2 aromatic rings. The highest BCUT2D eigenvalue weighted by atomic mass is 16.5. The number of carbonyl (C=O) groups is 1. The van der Waals surface area contributed by atoms with Crippen molar-refractivity contribution in [1.29, 1.82) is 0 Å². The number of hydrogen-bond acceptors (Lipinski definition) is 5. The summed E-state index contributed by atoms with van der Waals surface area (Å²) in [6, 6.07) is 12.5. The van der Waals surface area contributed by atoms with Crippen LogP contribution in [0.3, 0.4) is 0 Å². The van der Waals surface area contributed by atoms with Crippen molar-refractivity contribution >= 4 is 23.4 Å². The molecule has 6 nitrogen and oxygen atoms in total. The summed E-state index contributed by atoms with van der Waals surface area (Å²) in [7, 11) is 2.91. The van der Waals surface area contributed by atoms with Crippen molar-refractivity contribution in [1.82, 2.24) is 0 Å². The quantitative estimate of drug-likeness (QED) is 0.869. The summed E-state index contributed by atoms with van der Waals surface area (Å²) >= 11 is 0. The minimum Gasteiger partial charge on any atom is -0.502 e. The molecule has 1 N–H and O–H groups in total. The van der Waals surface area contributed by atoms with Gasteiger partial charge < -0.3 is 14.6 Å². The number of rotatable bonds is 4. The van der Waals surface area contributed by atoms with Crippen LogP contribution in [0.1, 0.15) is 12.5 Å². The number of nitrogens with zero attached hydrogens (tertiary/aromatic N) is 2. The van der Waals surface area contributed by atoms with E-state index < -0.39 is 0 Å². The number of methoxy groups -OCH3 is 2. The fourth-order valence-electron chi connectivity index (χ4n) is 2.59. The maximum Gasteiger partial charge on any atom is 0.280 e. The molecule has 0 aromatic heterocycles. The molecule has 0 saturated carbocycles. The van der Waals surface area contributed by atoms with Gasteiger partial charge in [-0.1, -0.05) is 18.2 Å². The largest absolute Gasteiger partial charge is 0.502 e. The molecular weight excluding hydrogens is 320 g/mol. The van der Waals surface area contributed by atoms with Crippen molar-refractivity contribution in [3.8, 4) is 17.2 Å². The number of hydrazone groups is 1. The van der Waals surface area contributed by atoms with E-state index in [9.17, 15) is 9.90 Å². The molecule has 25 heavy (non-hydrogen) atoms. The number of aromatic hydroxyl groups is 1. The number of para-hydroxylation sites is 1. The lowest BCUT2D eigenvalue weighted by atomic mass is 10.1. The van der Waals surface area contributed by atoms with Crippen molar-refractivity contribution < 1.29 is 19.4 Å². The number of anilines is 1. The van der Waals surface area contributed by atoms with E-state index in [0.29, 0.717) is 22.5 Å². The average molecular weight is 338 g/mol. The van der Waals surface area contributed by atoms with Crippen molar-refractivity contribution in [3.63, 3.8) is 0 Å². The molecule has 1 heterocycles. The van der Waals surface area contributed by atoms with Gasteiger partial charge in [0.15, 0.2) is 11.5 Å². The second-order valence-electron chi connectivity index (χ2n) is 5.47. The van der Waals surface area contributed by atoms with Crippen LogP contribution in [0.25, 0.3) is 6.08 Å². The number of ether oxygens (including phenoxy) is 2. The predicted octanol–water partition coefficient (Wildman–Crippen LogP) is 3.22. The van der Waals surface area contributed by atoms with E-state index in [-0.39, 0.29) is 23.2 Å². The zero-order chi connectivity index (χ0) is 18.0. The Morgan fingerprint density at radius 2 is 1.68 bits per heavy atom. The molecule has 0 bridgehead atoms. The third kappa shape index (κ3) is 3.06. The molecule has 0 saturated heterocycles. The van der Waals surface area contributed by atoms with Crippen molar-refractivity contribution in [2.45, 2.75) is 6.92 Å². The number of phenols is 1. The summed E-state index contributed by atoms with van der Waals surface area (Å²) in [5.74, 6) is 0.244. The lowest BCUT2D eigenvalue weighted by Gasteiger charge is -2.11. The van der Waals surface area contributed by atoms with Crippen LogP contribution < -0.4 is 14.5 Å². The fraction of sp³-hybridized carbons (Fsp3) is 0.158. The number of amides is 1. The molecule has 128 valence electrons. The van der Waals surface area contributed by atoms with Crippen LogP contribution >= 0.6 is 0 Å². The van der Waals surface area contributed by atoms with Gasteiger partial charge in [-0.05, 0) is 42.8 Å². The lowest BCUT2D eigenvalue weighted by molar-refractivity contribution is -0.114. The Kier molecular flexibility index (Phi) is 4.43. The van der Waals surface area contributed by atoms with Gasteiger partial charge in [0.1, 0.15) is 0 Å². The summed E-state index contributed by atoms with van der Waals surface area (Å²) < 4.78 is 10.3. The topological polar surface area (TPSA) is 71.4 Å². The van der Waals surface area contributed by atoms with Crippen LogP contribution in [0, 0.1) is 0 Å². The molecular formula is C19H18N2O4. The van der Waals surface area contributed by atoms with Crippen LogP contribution in [0.2, 0.25) is 0 Å². The Hall–Kier alpha value is -3.28. The zero-order valence-electron chi connectivity index (χ0n) is 14.2. The summed E-state index contributed by atoms with van der Waals surface area (Å²) in [5, 5.41) is 15.7. The van der Waals surface area contributed by atoms with Crippen LogP contribution in [0.15, 0.2) is 53.1 Å². The van der Waals surface area contributed by atoms with E-state index in [2.05, 4.69) is 5.10 Å². The molecule has 6 heteroatoms. The van der Waals surface area contributed by atoms with Gasteiger partial charge >= 0.3 is 0 Å². The van der Waals surface area contributed by atoms with Gasteiger partial charge in [-0.15, -0.1) is 0 Å². The van der Waals surface area contributed by atoms with Gasteiger partial charge in [0.2, 0.25) is 5.75 Å². The lowest BCUT2D eigenvalue weighted by Crippen LogP contribution is -2.21. The standard InChI is InChI=1S/C19H18N2O4/c1-12-15(19(23)21(20-12)14-7-5-4-6-8-14)9-13-10-16(24-2)18(22)17(11-13)25-3/h4-11,22H,1-3H3/b15-9-. The molecule has 0 spiro atoms. The van der Waals surface area contributed by atoms with Gasteiger partial charge in [0.25, 0.3) is 5.91 Å². The first-order valence-corrected chi connectivity index (χ1v) is 7.67. The fourth-order valence-corrected chi connectivity index (χ4v) is 2.59. The highest BCUT2D eigenvalue weighted by Gasteiger charge is 2.28. The first kappa shape index (κ1) is 16.6. The number of benzene rings is 2. The van der Waals surface area contributed by atoms with Crippen molar-refractivity contribution in [2.24, 2.45) is 5.10 Å². The van der Waals surface area contributed by atoms with E-state index in [1.54, 1.807) is 25.1 Å². The van der Waals surface area contributed by atoms with Crippen LogP contribution in [-0.2, 0) is 4.79 Å². The second-order valence-corrected chi connectivity index (χ2v) is 5.47. The molecule has 0 unspecified atom stereocenters. The van der Waals surface area contributed by atoms with Gasteiger partial charge in [-0.25, -0.2) is 0 Å². The highest BCUT2D eigenvalue weighted by Crippen LogP contribution is 2.38. The molecule has 1 amide bonds. The maximum atomic E-state index is 12.7. The van der Waals surface area contributed by atoms with Gasteiger partial charge in [0, 0.05) is 0 Å². The smallest absolute Gasteiger partial charge is 0.280 e. The third-order valence-electron chi connectivity index (χ3n) is 3.88. The Bertz CT molecular complexity index is 847. The summed E-state index contributed by atoms with van der Waals surface area (Å²) in [4.78, 5) is 12.7. The summed E-state index contributed by atoms with van der Waals surface area (Å²) in [5.41, 5.74) is 2.45. The highest BCUT2D eigenvalue weighted by molar-refractivity contribution is 6.32. The molecule has 0 atom stereocenters. The number of phenolic OH excluding ortho intramolecular Hbond substituents is 1. The third-order valence-corrected chi connectivity index (χ3v) is 3.88. The summed E-state index contributed by atoms with van der Waals surface area (Å²) in [6.07, 6.45) is 1.70. The molecule has 0 fully saturated rings. The van der Waals surface area contributed by atoms with E-state index >= 15 is 0 Å². The minimum atomic E-state index is -0.213. The van der Waals surface area contributed by atoms with Gasteiger partial charge in [-0.3, -0.25) is 4.79 Å². The zero-order valence-corrected chi connectivity index (χ0v) is 14.2. The van der Waals surface area contributed by atoms with Crippen molar-refractivity contribution in [3.05, 3.63) is 53.6 Å². The van der Waals surface area contributed by atoms with Gasteiger partial charge in [-0.2, -0.15) is 10.1 Å². The molecule has 1 aliphatic heterocycles. The van der Waals surface area contributed by atoms with E-state index in [1.165, 1.54) is 19.2 Å². The molecule has 3 rings (SSSR count). The Morgan fingerprint density at radius 1 is 1.08 bits per heavy atom. The van der Waals surface area contributed by atoms with Crippen LogP contribution in [0.4, 0.5) is 5.69 Å². The Balaban J connectivity index is 2.00. The predicted molar refractivity (Wildman–Crippen MR) is 96.2 cm³/mol. The normalized spacial score (nSPS) is 15.5. The number of carbonyl (C=O) groups excluding carboxylic acids is 1. The van der Waals surface area contributed by atoms with Crippen LogP contribution in [0.5, 0.6) is 17.2 Å². The molecule has 2 aromatic carbocycles. The van der Waals surface area contributed by atoms with E-state index in [0.717, 1.165) is 0 Å². The number of hydrogen-bond donors (Lipinski definition) is 1. The van der Waals surface area contributed by atoms with E-state index in [4.69, 9.17) is 9.47 Å². The monoisotopic (exact) mass is 338 g/mol. The average Bonchev–Trinajstić information content (AvgIpc) is 2.91. The first-order chi connectivity index (χ1) is 12.0. The summed E-state index contributed by atoms with van der Waals surface area (Å²) in [6.45, 7) is 1.78. The second kappa shape index (κ2) is 6.68. The first-order valence-electron chi connectivity index (χ1n) is 7.67. The SMILES string of the molecule is COc1cc(/C=C2\C(=O)N(c3ccccc3)N=C2C)cc(OC)c1O. The Morgan fingerprint density at radius 3 is 2.24 bits per heavy atom. The molecule has 1 aliphatic rings. The van der Waals surface area contributed by atoms with Gasteiger partial charge in [0.05, 0.1) is 31.2 Å². The van der Waals surface area contributed by atoms with Crippen molar-refractivity contribution in [2.75, 3.05) is 19.2 Å². The minimum absolute atomic E-state index is 0.0822. The maximum absolute atomic E-state index is 12.7.